The Morgan fingerprint density at radius 2 is 2.05 bits per heavy atom. The van der Waals surface area contributed by atoms with Crippen molar-refractivity contribution >= 4 is 11.9 Å². The number of amides is 1. The van der Waals surface area contributed by atoms with E-state index in [9.17, 15) is 9.59 Å². The summed E-state index contributed by atoms with van der Waals surface area (Å²) in [5, 5.41) is 11.5. The lowest BCUT2D eigenvalue weighted by Crippen LogP contribution is -2.23. The summed E-state index contributed by atoms with van der Waals surface area (Å²) in [7, 11) is 0. The van der Waals surface area contributed by atoms with Crippen LogP contribution in [0.4, 0.5) is 0 Å². The number of rotatable bonds is 4. The smallest absolute Gasteiger partial charge is 0.354 e. The van der Waals surface area contributed by atoms with Gasteiger partial charge in [-0.3, -0.25) is 4.79 Å². The van der Waals surface area contributed by atoms with E-state index in [1.54, 1.807) is 6.20 Å². The molecular weight excluding hydrogens is 286 g/mol. The molecule has 7 heteroatoms. The number of hydrogen-bond acceptors (Lipinski definition) is 5. The van der Waals surface area contributed by atoms with E-state index in [0.29, 0.717) is 5.89 Å². The average Bonchev–Trinajstić information content (AvgIpc) is 2.94. The molecule has 2 N–H and O–H groups in total. The first-order valence-electron chi connectivity index (χ1n) is 6.70. The monoisotopic (exact) mass is 303 g/mol. The van der Waals surface area contributed by atoms with Gasteiger partial charge in [0.2, 0.25) is 5.89 Å². The molecule has 116 valence electrons. The number of carboxylic acids is 1. The molecule has 2 aromatic rings. The van der Waals surface area contributed by atoms with E-state index in [-0.39, 0.29) is 23.2 Å². The van der Waals surface area contributed by atoms with E-state index in [1.807, 2.05) is 20.8 Å². The molecule has 0 spiro atoms. The van der Waals surface area contributed by atoms with Gasteiger partial charge in [0, 0.05) is 17.2 Å². The Morgan fingerprint density at radius 1 is 1.32 bits per heavy atom. The Labute approximate surface area is 127 Å². The Hall–Kier alpha value is -2.70. The van der Waals surface area contributed by atoms with Crippen LogP contribution >= 0.6 is 0 Å². The summed E-state index contributed by atoms with van der Waals surface area (Å²) in [5.41, 5.74) is -0.120. The lowest BCUT2D eigenvalue weighted by atomic mass is 9.94. The van der Waals surface area contributed by atoms with Crippen LogP contribution in [0.15, 0.2) is 28.9 Å². The zero-order valence-corrected chi connectivity index (χ0v) is 12.6. The van der Waals surface area contributed by atoms with E-state index in [1.165, 1.54) is 18.3 Å². The van der Waals surface area contributed by atoms with Crippen molar-refractivity contribution < 1.29 is 19.1 Å². The number of nitrogens with zero attached hydrogens (tertiary/aromatic N) is 2. The van der Waals surface area contributed by atoms with Crippen molar-refractivity contribution in [2.45, 2.75) is 32.7 Å². The molecule has 0 aliphatic heterocycles. The summed E-state index contributed by atoms with van der Waals surface area (Å²) in [6.07, 6.45) is 2.91. The van der Waals surface area contributed by atoms with Gasteiger partial charge in [-0.15, -0.1) is 0 Å². The van der Waals surface area contributed by atoms with Crippen molar-refractivity contribution in [2.75, 3.05) is 0 Å². The lowest BCUT2D eigenvalue weighted by molar-refractivity contribution is 0.0690. The fourth-order valence-electron chi connectivity index (χ4n) is 1.69. The van der Waals surface area contributed by atoms with Crippen molar-refractivity contribution in [3.05, 3.63) is 47.4 Å². The Balaban J connectivity index is 2.02. The molecule has 7 nitrogen and oxygen atoms in total. The second-order valence-electron chi connectivity index (χ2n) is 5.79. The molecule has 0 fully saturated rings. The van der Waals surface area contributed by atoms with E-state index in [0.717, 1.165) is 5.76 Å². The summed E-state index contributed by atoms with van der Waals surface area (Å²) in [6.45, 7) is 6.13. The molecule has 2 aromatic heterocycles. The first-order chi connectivity index (χ1) is 10.3. The number of carbonyl (C=O) groups is 2. The third-order valence-electron chi connectivity index (χ3n) is 2.93. The minimum atomic E-state index is -1.18. The highest BCUT2D eigenvalue weighted by Gasteiger charge is 2.19. The zero-order valence-electron chi connectivity index (χ0n) is 12.6. The molecule has 2 rings (SSSR count). The predicted molar refractivity (Wildman–Crippen MR) is 77.6 cm³/mol. The number of nitrogens with one attached hydrogen (secondary N) is 1. The molecule has 0 aromatic carbocycles. The van der Waals surface area contributed by atoms with Gasteiger partial charge in [0.05, 0.1) is 12.7 Å². The summed E-state index contributed by atoms with van der Waals surface area (Å²) < 4.78 is 5.56. The van der Waals surface area contributed by atoms with Crippen LogP contribution in [0.25, 0.3) is 0 Å². The minimum Gasteiger partial charge on any atom is -0.477 e. The highest BCUT2D eigenvalue weighted by molar-refractivity contribution is 5.96. The first-order valence-corrected chi connectivity index (χ1v) is 6.70. The Bertz CT molecular complexity index is 701. The third kappa shape index (κ3) is 3.69. The second-order valence-corrected chi connectivity index (χ2v) is 5.79. The number of aromatic carboxylic acids is 1. The van der Waals surface area contributed by atoms with Gasteiger partial charge in [-0.1, -0.05) is 20.8 Å². The Morgan fingerprint density at radius 3 is 2.64 bits per heavy atom. The number of oxazole rings is 1. The van der Waals surface area contributed by atoms with Crippen LogP contribution in [0.1, 0.15) is 53.3 Å². The van der Waals surface area contributed by atoms with Gasteiger partial charge in [-0.25, -0.2) is 14.8 Å². The number of pyridine rings is 1. The van der Waals surface area contributed by atoms with Gasteiger partial charge < -0.3 is 14.8 Å². The molecule has 0 bridgehead atoms. The van der Waals surface area contributed by atoms with Gasteiger partial charge in [0.1, 0.15) is 11.5 Å². The van der Waals surface area contributed by atoms with E-state index >= 15 is 0 Å². The van der Waals surface area contributed by atoms with Crippen molar-refractivity contribution in [1.29, 1.82) is 0 Å². The van der Waals surface area contributed by atoms with Gasteiger partial charge in [0.25, 0.3) is 5.91 Å². The van der Waals surface area contributed by atoms with Crippen LogP contribution in [-0.4, -0.2) is 27.0 Å². The summed E-state index contributed by atoms with van der Waals surface area (Å²) in [4.78, 5) is 30.6. The number of carboxylic acid groups (broad SMARTS) is 1. The highest BCUT2D eigenvalue weighted by Crippen LogP contribution is 2.22. The van der Waals surface area contributed by atoms with Crippen molar-refractivity contribution in [1.82, 2.24) is 15.3 Å². The van der Waals surface area contributed by atoms with Crippen LogP contribution < -0.4 is 5.32 Å². The maximum absolute atomic E-state index is 12.0. The predicted octanol–water partition coefficient (Wildman–Crippen LogP) is 2.00. The molecule has 0 saturated carbocycles. The van der Waals surface area contributed by atoms with Crippen molar-refractivity contribution in [2.24, 2.45) is 0 Å². The molecule has 1 amide bonds. The van der Waals surface area contributed by atoms with Crippen LogP contribution in [0, 0.1) is 0 Å². The topological polar surface area (TPSA) is 105 Å². The van der Waals surface area contributed by atoms with Gasteiger partial charge in [-0.2, -0.15) is 0 Å². The molecule has 0 saturated heterocycles. The number of hydrogen-bond donors (Lipinski definition) is 2. The molecule has 0 atom stereocenters. The number of carbonyl (C=O) groups excluding carboxylic acids is 1. The first kappa shape index (κ1) is 15.7. The van der Waals surface area contributed by atoms with Gasteiger partial charge in [0.15, 0.2) is 0 Å². The van der Waals surface area contributed by atoms with Gasteiger partial charge in [-0.05, 0) is 12.1 Å². The fourth-order valence-corrected chi connectivity index (χ4v) is 1.69. The van der Waals surface area contributed by atoms with E-state index in [4.69, 9.17) is 9.52 Å². The largest absolute Gasteiger partial charge is 0.477 e. The SMILES string of the molecule is CC(C)(C)c1cnc(CNC(=O)c2ccnc(C(=O)O)c2)o1. The molecule has 2 heterocycles. The molecule has 0 aliphatic carbocycles. The average molecular weight is 303 g/mol. The lowest BCUT2D eigenvalue weighted by Gasteiger charge is -2.13. The normalized spacial score (nSPS) is 11.2. The summed E-state index contributed by atoms with van der Waals surface area (Å²) in [5.74, 6) is -0.475. The maximum Gasteiger partial charge on any atom is 0.354 e. The zero-order chi connectivity index (χ0) is 16.3. The van der Waals surface area contributed by atoms with Crippen LogP contribution in [0.5, 0.6) is 0 Å². The van der Waals surface area contributed by atoms with Crippen LogP contribution in [0.2, 0.25) is 0 Å². The van der Waals surface area contributed by atoms with Crippen LogP contribution in [0.3, 0.4) is 0 Å². The quantitative estimate of drug-likeness (QED) is 0.895. The van der Waals surface area contributed by atoms with Crippen LogP contribution in [-0.2, 0) is 12.0 Å². The molecule has 22 heavy (non-hydrogen) atoms. The fraction of sp³-hybridized carbons (Fsp3) is 0.333. The number of aromatic nitrogens is 2. The third-order valence-corrected chi connectivity index (χ3v) is 2.93. The van der Waals surface area contributed by atoms with Crippen molar-refractivity contribution in [3.63, 3.8) is 0 Å². The van der Waals surface area contributed by atoms with E-state index < -0.39 is 11.9 Å². The van der Waals surface area contributed by atoms with Crippen molar-refractivity contribution in [3.8, 4) is 0 Å². The molecule has 0 unspecified atom stereocenters. The second kappa shape index (κ2) is 5.97. The molecular formula is C15H17N3O4. The Kier molecular flexibility index (Phi) is 4.25. The summed E-state index contributed by atoms with van der Waals surface area (Å²) in [6, 6.07) is 2.66. The minimum absolute atomic E-state index is 0.125. The van der Waals surface area contributed by atoms with Gasteiger partial charge >= 0.3 is 5.97 Å². The summed E-state index contributed by atoms with van der Waals surface area (Å²) >= 11 is 0. The van der Waals surface area contributed by atoms with E-state index in [2.05, 4.69) is 15.3 Å². The highest BCUT2D eigenvalue weighted by atomic mass is 16.4. The standard InChI is InChI=1S/C15H17N3O4/c1-15(2,3)11-7-17-12(22-11)8-18-13(19)9-4-5-16-10(6-9)14(20)21/h4-7H,8H2,1-3H3,(H,18,19)(H,20,21). The molecule has 0 radical (unpaired) electrons. The molecule has 0 aliphatic rings. The maximum atomic E-state index is 12.0.